The van der Waals surface area contributed by atoms with Crippen LogP contribution < -0.4 is 20.1 Å². The molecule has 1 aromatic carbocycles. The van der Waals surface area contributed by atoms with Crippen LogP contribution in [0.5, 0.6) is 11.5 Å². The summed E-state index contributed by atoms with van der Waals surface area (Å²) in [5.74, 6) is 1.55. The zero-order valence-electron chi connectivity index (χ0n) is 15.8. The highest BCUT2D eigenvalue weighted by molar-refractivity contribution is 7.86. The van der Waals surface area contributed by atoms with Crippen LogP contribution in [0, 0.1) is 0 Å². The number of hydrogen-bond acceptors (Lipinski definition) is 4. The Bertz CT molecular complexity index is 634. The van der Waals surface area contributed by atoms with Crippen molar-refractivity contribution in [1.29, 1.82) is 0 Å². The zero-order valence-corrected chi connectivity index (χ0v) is 16.6. The van der Waals surface area contributed by atoms with Crippen molar-refractivity contribution < 1.29 is 22.5 Å². The normalized spacial score (nSPS) is 13.5. The van der Waals surface area contributed by atoms with Gasteiger partial charge in [0.25, 0.3) is 0 Å². The molecule has 0 spiro atoms. The topological polar surface area (TPSA) is 72.0 Å². The molecule has 0 fully saturated rings. The van der Waals surface area contributed by atoms with Gasteiger partial charge in [-0.25, -0.2) is 0 Å². The number of aliphatic imine (C=N–C) groups is 1. The number of hydrogen-bond donors (Lipinski definition) is 2. The lowest BCUT2D eigenvalue weighted by Crippen LogP contribution is -2.40. The summed E-state index contributed by atoms with van der Waals surface area (Å²) in [6.07, 6.45) is 0. The molecule has 0 saturated heterocycles. The average molecular weight is 391 g/mol. The second kappa shape index (κ2) is 10.3. The third kappa shape index (κ3) is 7.55. The van der Waals surface area contributed by atoms with Crippen molar-refractivity contribution >= 4 is 16.8 Å². The number of alkyl halides is 2. The number of benzene rings is 1. The van der Waals surface area contributed by atoms with E-state index in [2.05, 4.69) is 20.4 Å². The molecule has 1 aromatic rings. The highest BCUT2D eigenvalue weighted by Crippen LogP contribution is 2.25. The van der Waals surface area contributed by atoms with Crippen LogP contribution in [0.1, 0.15) is 26.3 Å². The van der Waals surface area contributed by atoms with Gasteiger partial charge in [0.2, 0.25) is 0 Å². The molecule has 0 heterocycles. The van der Waals surface area contributed by atoms with E-state index in [1.54, 1.807) is 19.2 Å². The summed E-state index contributed by atoms with van der Waals surface area (Å²) in [4.78, 5) is 4.07. The molecule has 2 N–H and O–H groups in total. The average Bonchev–Trinajstić information content (AvgIpc) is 2.57. The van der Waals surface area contributed by atoms with Crippen molar-refractivity contribution in [2.45, 2.75) is 38.7 Å². The maximum atomic E-state index is 12.5. The molecule has 0 aliphatic rings. The number of halogens is 2. The number of nitrogens with one attached hydrogen (secondary N) is 2. The van der Waals surface area contributed by atoms with Gasteiger partial charge in [0, 0.05) is 47.0 Å². The van der Waals surface area contributed by atoms with Gasteiger partial charge >= 0.3 is 6.61 Å². The van der Waals surface area contributed by atoms with Crippen molar-refractivity contribution in [1.82, 2.24) is 10.6 Å². The highest BCUT2D eigenvalue weighted by Gasteiger charge is 2.18. The summed E-state index contributed by atoms with van der Waals surface area (Å²) in [7, 11) is 2.12. The summed E-state index contributed by atoms with van der Waals surface area (Å²) in [6, 6.07) is 4.60. The smallest absolute Gasteiger partial charge is 0.387 e. The van der Waals surface area contributed by atoms with E-state index >= 15 is 0 Å². The van der Waals surface area contributed by atoms with Crippen LogP contribution in [0.3, 0.4) is 0 Å². The molecular formula is C17H27F2N3O3S. The van der Waals surface area contributed by atoms with E-state index in [9.17, 15) is 13.0 Å². The van der Waals surface area contributed by atoms with E-state index in [0.717, 1.165) is 0 Å². The second-order valence-electron chi connectivity index (χ2n) is 6.37. The standard InChI is InChI=1S/C17H27F2N3O3S/c1-17(2,3)26(23)9-8-21-16(20-4)22-11-12-10-13(24-5)6-7-14(12)25-15(18)19/h6-7,10,15H,8-9,11H2,1-5H3,(H2,20,21,22). The maximum Gasteiger partial charge on any atom is 0.387 e. The molecule has 9 heteroatoms. The molecule has 26 heavy (non-hydrogen) atoms. The number of ether oxygens (including phenoxy) is 2. The SMILES string of the molecule is CN=C(NCCS(=O)C(C)(C)C)NCc1cc(OC)ccc1OC(F)F. The molecule has 0 aliphatic carbocycles. The molecule has 0 bridgehead atoms. The van der Waals surface area contributed by atoms with E-state index in [-0.39, 0.29) is 17.0 Å². The lowest BCUT2D eigenvalue weighted by molar-refractivity contribution is -0.0504. The predicted octanol–water partition coefficient (Wildman–Crippen LogP) is 2.51. The molecule has 1 atom stereocenters. The van der Waals surface area contributed by atoms with Crippen LogP contribution in [0.15, 0.2) is 23.2 Å². The molecule has 0 amide bonds. The van der Waals surface area contributed by atoms with Crippen molar-refractivity contribution in [2.24, 2.45) is 4.99 Å². The van der Waals surface area contributed by atoms with Crippen LogP contribution in [-0.4, -0.2) is 48.0 Å². The van der Waals surface area contributed by atoms with E-state index < -0.39 is 17.4 Å². The maximum absolute atomic E-state index is 12.5. The third-order valence-corrected chi connectivity index (χ3v) is 5.36. The molecule has 1 rings (SSSR count). The van der Waals surface area contributed by atoms with Crippen molar-refractivity contribution in [2.75, 3.05) is 26.5 Å². The molecule has 0 saturated carbocycles. The predicted molar refractivity (Wildman–Crippen MR) is 101 cm³/mol. The number of guanidine groups is 1. The van der Waals surface area contributed by atoms with Crippen LogP contribution in [0.25, 0.3) is 0 Å². The molecule has 0 radical (unpaired) electrons. The fraction of sp³-hybridized carbons (Fsp3) is 0.588. The number of methoxy groups -OCH3 is 1. The fourth-order valence-corrected chi connectivity index (χ4v) is 2.90. The lowest BCUT2D eigenvalue weighted by Gasteiger charge is -2.19. The molecular weight excluding hydrogens is 364 g/mol. The minimum absolute atomic E-state index is 0.0672. The Morgan fingerprint density at radius 1 is 1.31 bits per heavy atom. The van der Waals surface area contributed by atoms with Crippen LogP contribution in [0.4, 0.5) is 8.78 Å². The van der Waals surface area contributed by atoms with Gasteiger partial charge in [0.15, 0.2) is 5.96 Å². The van der Waals surface area contributed by atoms with Gasteiger partial charge in [0.1, 0.15) is 11.5 Å². The first-order valence-electron chi connectivity index (χ1n) is 8.12. The largest absolute Gasteiger partial charge is 0.497 e. The Labute approximate surface area is 155 Å². The minimum atomic E-state index is -2.91. The Balaban J connectivity index is 2.66. The van der Waals surface area contributed by atoms with E-state index in [4.69, 9.17) is 4.74 Å². The van der Waals surface area contributed by atoms with Gasteiger partial charge in [0.05, 0.1) is 7.11 Å². The van der Waals surface area contributed by atoms with Crippen molar-refractivity contribution in [3.8, 4) is 11.5 Å². The monoisotopic (exact) mass is 391 g/mol. The quantitative estimate of drug-likeness (QED) is 0.526. The van der Waals surface area contributed by atoms with E-state index in [1.807, 2.05) is 20.8 Å². The molecule has 6 nitrogen and oxygen atoms in total. The Hall–Kier alpha value is -1.90. The third-order valence-electron chi connectivity index (χ3n) is 3.42. The highest BCUT2D eigenvalue weighted by atomic mass is 32.2. The minimum Gasteiger partial charge on any atom is -0.497 e. The first kappa shape index (κ1) is 22.1. The van der Waals surface area contributed by atoms with Gasteiger partial charge < -0.3 is 20.1 Å². The van der Waals surface area contributed by atoms with E-state index in [1.165, 1.54) is 13.2 Å². The Kier molecular flexibility index (Phi) is 8.77. The summed E-state index contributed by atoms with van der Waals surface area (Å²) < 4.78 is 46.5. The number of rotatable bonds is 8. The Morgan fingerprint density at radius 3 is 2.54 bits per heavy atom. The van der Waals surface area contributed by atoms with Crippen LogP contribution in [-0.2, 0) is 17.3 Å². The molecule has 0 aliphatic heterocycles. The summed E-state index contributed by atoms with van der Waals surface area (Å²) in [5, 5.41) is 6.08. The zero-order chi connectivity index (χ0) is 19.7. The Morgan fingerprint density at radius 2 is 2.00 bits per heavy atom. The number of nitrogens with zero attached hydrogens (tertiary/aromatic N) is 1. The first-order chi connectivity index (χ1) is 12.2. The van der Waals surface area contributed by atoms with Gasteiger partial charge in [-0.15, -0.1) is 0 Å². The second-order valence-corrected chi connectivity index (χ2v) is 8.69. The van der Waals surface area contributed by atoms with Gasteiger partial charge in [-0.2, -0.15) is 8.78 Å². The van der Waals surface area contributed by atoms with E-state index in [0.29, 0.717) is 29.6 Å². The lowest BCUT2D eigenvalue weighted by atomic mass is 10.2. The fourth-order valence-electron chi connectivity index (χ4n) is 2.00. The summed E-state index contributed by atoms with van der Waals surface area (Å²) in [6.45, 7) is 3.53. The molecule has 148 valence electrons. The van der Waals surface area contributed by atoms with Gasteiger partial charge in [-0.1, -0.05) is 0 Å². The van der Waals surface area contributed by atoms with Crippen LogP contribution >= 0.6 is 0 Å². The van der Waals surface area contributed by atoms with Crippen molar-refractivity contribution in [3.63, 3.8) is 0 Å². The first-order valence-corrected chi connectivity index (χ1v) is 9.44. The van der Waals surface area contributed by atoms with Gasteiger partial charge in [-0.3, -0.25) is 9.20 Å². The van der Waals surface area contributed by atoms with Crippen molar-refractivity contribution in [3.05, 3.63) is 23.8 Å². The molecule has 0 aromatic heterocycles. The van der Waals surface area contributed by atoms with Gasteiger partial charge in [-0.05, 0) is 39.0 Å². The van der Waals surface area contributed by atoms with Crippen LogP contribution in [0.2, 0.25) is 0 Å². The summed E-state index contributed by atoms with van der Waals surface area (Å²) >= 11 is 0. The summed E-state index contributed by atoms with van der Waals surface area (Å²) in [5.41, 5.74) is 0.505. The molecule has 1 unspecified atom stereocenters.